The molecule has 1 heterocycles. The lowest BCUT2D eigenvalue weighted by atomic mass is 10.1. The summed E-state index contributed by atoms with van der Waals surface area (Å²) in [4.78, 5) is 7.05. The summed E-state index contributed by atoms with van der Waals surface area (Å²) in [5, 5.41) is 5.94. The van der Waals surface area contributed by atoms with Crippen LogP contribution in [-0.4, -0.2) is 44.2 Å². The van der Waals surface area contributed by atoms with Gasteiger partial charge in [0.2, 0.25) is 0 Å². The van der Waals surface area contributed by atoms with Crippen LogP contribution in [-0.2, 0) is 11.3 Å². The molecule has 0 bridgehead atoms. The van der Waals surface area contributed by atoms with Gasteiger partial charge in [-0.15, -0.1) is 24.0 Å². The first-order valence-corrected chi connectivity index (χ1v) is 8.81. The average Bonchev–Trinajstić information content (AvgIpc) is 3.11. The van der Waals surface area contributed by atoms with E-state index >= 15 is 0 Å². The van der Waals surface area contributed by atoms with Gasteiger partial charge in [0.15, 0.2) is 5.96 Å². The molecule has 1 unspecified atom stereocenters. The fourth-order valence-corrected chi connectivity index (χ4v) is 3.17. The molecule has 2 aromatic rings. The maximum atomic E-state index is 5.48. The summed E-state index contributed by atoms with van der Waals surface area (Å²) < 4.78 is 5.48. The molecule has 5 heteroatoms. The van der Waals surface area contributed by atoms with E-state index in [4.69, 9.17) is 9.73 Å². The van der Waals surface area contributed by atoms with Crippen molar-refractivity contribution in [1.29, 1.82) is 0 Å². The number of benzene rings is 2. The highest BCUT2D eigenvalue weighted by molar-refractivity contribution is 14.0. The van der Waals surface area contributed by atoms with E-state index in [-0.39, 0.29) is 24.0 Å². The Morgan fingerprint density at radius 1 is 1.24 bits per heavy atom. The van der Waals surface area contributed by atoms with Crippen molar-refractivity contribution in [3.8, 4) is 0 Å². The Bertz CT molecular complexity index is 698. The molecule has 0 aliphatic carbocycles. The van der Waals surface area contributed by atoms with Crippen LogP contribution in [0.15, 0.2) is 47.5 Å². The van der Waals surface area contributed by atoms with Crippen LogP contribution in [0.2, 0.25) is 0 Å². The van der Waals surface area contributed by atoms with Gasteiger partial charge in [-0.2, -0.15) is 0 Å². The van der Waals surface area contributed by atoms with Crippen molar-refractivity contribution in [3.63, 3.8) is 0 Å². The zero-order chi connectivity index (χ0) is 16.8. The smallest absolute Gasteiger partial charge is 0.193 e. The Morgan fingerprint density at radius 3 is 2.76 bits per heavy atom. The first-order valence-electron chi connectivity index (χ1n) is 8.81. The molecule has 25 heavy (non-hydrogen) atoms. The molecule has 1 saturated heterocycles. The van der Waals surface area contributed by atoms with Crippen molar-refractivity contribution in [1.82, 2.24) is 10.2 Å². The molecule has 0 amide bonds. The predicted octanol–water partition coefficient (Wildman–Crippen LogP) is 3.89. The van der Waals surface area contributed by atoms with Crippen LogP contribution in [0.1, 0.15) is 18.9 Å². The predicted molar refractivity (Wildman–Crippen MR) is 116 cm³/mol. The van der Waals surface area contributed by atoms with Gasteiger partial charge < -0.3 is 15.0 Å². The van der Waals surface area contributed by atoms with Crippen molar-refractivity contribution < 1.29 is 4.74 Å². The minimum absolute atomic E-state index is 0. The van der Waals surface area contributed by atoms with E-state index in [0.29, 0.717) is 12.5 Å². The summed E-state index contributed by atoms with van der Waals surface area (Å²) in [6.45, 7) is 6.43. The second kappa shape index (κ2) is 9.97. The third-order valence-electron chi connectivity index (χ3n) is 4.48. The molecule has 1 aliphatic rings. The van der Waals surface area contributed by atoms with Crippen LogP contribution < -0.4 is 5.32 Å². The van der Waals surface area contributed by atoms with Gasteiger partial charge in [0.1, 0.15) is 0 Å². The van der Waals surface area contributed by atoms with Gasteiger partial charge in [0.05, 0.1) is 13.2 Å². The van der Waals surface area contributed by atoms with Gasteiger partial charge in [-0.05, 0) is 35.7 Å². The quantitative estimate of drug-likeness (QED) is 0.424. The lowest BCUT2D eigenvalue weighted by Gasteiger charge is -2.24. The zero-order valence-electron chi connectivity index (χ0n) is 15.1. The SMILES string of the molecule is CCNC(=NCc1ccc2ccccc2c1)N(C)CC1CCOC1.I. The first kappa shape index (κ1) is 20.0. The fraction of sp³-hybridized carbons (Fsp3) is 0.450. The van der Waals surface area contributed by atoms with E-state index in [2.05, 4.69) is 66.7 Å². The number of aliphatic imine (C=N–C) groups is 1. The lowest BCUT2D eigenvalue weighted by Crippen LogP contribution is -2.41. The lowest BCUT2D eigenvalue weighted by molar-refractivity contribution is 0.181. The van der Waals surface area contributed by atoms with Gasteiger partial charge in [-0.1, -0.05) is 36.4 Å². The number of guanidine groups is 1. The van der Waals surface area contributed by atoms with Crippen LogP contribution in [0.5, 0.6) is 0 Å². The third kappa shape index (κ3) is 5.57. The summed E-state index contributed by atoms with van der Waals surface area (Å²) in [6, 6.07) is 15.0. The molecule has 1 aliphatic heterocycles. The van der Waals surface area contributed by atoms with E-state index in [1.165, 1.54) is 16.3 Å². The second-order valence-corrected chi connectivity index (χ2v) is 6.46. The molecule has 1 atom stereocenters. The number of halogens is 1. The molecule has 0 aromatic heterocycles. The van der Waals surface area contributed by atoms with E-state index in [0.717, 1.165) is 38.7 Å². The molecule has 2 aromatic carbocycles. The number of nitrogens with zero attached hydrogens (tertiary/aromatic N) is 2. The van der Waals surface area contributed by atoms with Crippen LogP contribution in [0, 0.1) is 5.92 Å². The fourth-order valence-electron chi connectivity index (χ4n) is 3.17. The molecule has 3 rings (SSSR count). The summed E-state index contributed by atoms with van der Waals surface area (Å²) in [5.74, 6) is 1.58. The minimum Gasteiger partial charge on any atom is -0.381 e. The van der Waals surface area contributed by atoms with Crippen LogP contribution in [0.25, 0.3) is 10.8 Å². The van der Waals surface area contributed by atoms with E-state index in [9.17, 15) is 0 Å². The monoisotopic (exact) mass is 453 g/mol. The van der Waals surface area contributed by atoms with Crippen LogP contribution in [0.4, 0.5) is 0 Å². The Labute approximate surface area is 167 Å². The summed E-state index contributed by atoms with van der Waals surface area (Å²) >= 11 is 0. The van der Waals surface area contributed by atoms with Gasteiger partial charge in [0.25, 0.3) is 0 Å². The summed E-state index contributed by atoms with van der Waals surface area (Å²) in [6.07, 6.45) is 1.15. The topological polar surface area (TPSA) is 36.9 Å². The summed E-state index contributed by atoms with van der Waals surface area (Å²) in [5.41, 5.74) is 1.24. The van der Waals surface area contributed by atoms with Crippen LogP contribution >= 0.6 is 24.0 Å². The highest BCUT2D eigenvalue weighted by Crippen LogP contribution is 2.17. The molecule has 1 N–H and O–H groups in total. The molecule has 4 nitrogen and oxygen atoms in total. The van der Waals surface area contributed by atoms with Crippen molar-refractivity contribution in [2.75, 3.05) is 33.4 Å². The molecule has 0 saturated carbocycles. The number of ether oxygens (including phenoxy) is 1. The van der Waals surface area contributed by atoms with E-state index < -0.39 is 0 Å². The number of fused-ring (bicyclic) bond motifs is 1. The standard InChI is InChI=1S/C20H27N3O.HI/c1-3-21-20(23(2)14-17-10-11-24-15-17)22-13-16-8-9-18-6-4-5-7-19(18)12-16;/h4-9,12,17H,3,10-11,13-15H2,1-2H3,(H,21,22);1H. The Kier molecular flexibility index (Phi) is 7.96. The van der Waals surface area contributed by atoms with Crippen molar-refractivity contribution >= 4 is 40.7 Å². The van der Waals surface area contributed by atoms with Crippen molar-refractivity contribution in [2.24, 2.45) is 10.9 Å². The van der Waals surface area contributed by atoms with Crippen molar-refractivity contribution in [3.05, 3.63) is 48.0 Å². The minimum atomic E-state index is 0. The second-order valence-electron chi connectivity index (χ2n) is 6.46. The largest absolute Gasteiger partial charge is 0.381 e. The maximum Gasteiger partial charge on any atom is 0.193 e. The first-order chi connectivity index (χ1) is 11.8. The molecule has 136 valence electrons. The third-order valence-corrected chi connectivity index (χ3v) is 4.48. The maximum absolute atomic E-state index is 5.48. The van der Waals surface area contributed by atoms with Gasteiger partial charge >= 0.3 is 0 Å². The number of hydrogen-bond acceptors (Lipinski definition) is 2. The Balaban J connectivity index is 0.00000225. The van der Waals surface area contributed by atoms with E-state index in [1.54, 1.807) is 0 Å². The Morgan fingerprint density at radius 2 is 2.04 bits per heavy atom. The van der Waals surface area contributed by atoms with Gasteiger partial charge in [-0.3, -0.25) is 0 Å². The Hall–Kier alpha value is -1.34. The number of nitrogens with one attached hydrogen (secondary N) is 1. The number of rotatable bonds is 5. The highest BCUT2D eigenvalue weighted by atomic mass is 127. The zero-order valence-corrected chi connectivity index (χ0v) is 17.4. The molecular weight excluding hydrogens is 425 g/mol. The van der Waals surface area contributed by atoms with E-state index in [1.807, 2.05) is 0 Å². The van der Waals surface area contributed by atoms with Crippen LogP contribution in [0.3, 0.4) is 0 Å². The normalized spacial score (nSPS) is 17.4. The van der Waals surface area contributed by atoms with Gasteiger partial charge in [0, 0.05) is 32.7 Å². The molecule has 0 radical (unpaired) electrons. The highest BCUT2D eigenvalue weighted by Gasteiger charge is 2.18. The number of hydrogen-bond donors (Lipinski definition) is 1. The summed E-state index contributed by atoms with van der Waals surface area (Å²) in [7, 11) is 2.11. The van der Waals surface area contributed by atoms with Gasteiger partial charge in [-0.25, -0.2) is 4.99 Å². The average molecular weight is 453 g/mol. The molecule has 1 fully saturated rings. The van der Waals surface area contributed by atoms with Crippen molar-refractivity contribution in [2.45, 2.75) is 19.9 Å². The molecular formula is C20H28IN3O. The molecule has 0 spiro atoms.